The van der Waals surface area contributed by atoms with Crippen molar-refractivity contribution in [2.75, 3.05) is 42.6 Å². The molecule has 0 radical (unpaired) electrons. The van der Waals surface area contributed by atoms with Gasteiger partial charge in [-0.05, 0) is 82.0 Å². The molecule has 3 aliphatic heterocycles. The number of imide groups is 1. The first-order valence-corrected chi connectivity index (χ1v) is 17.6. The fourth-order valence-electron chi connectivity index (χ4n) is 6.69. The summed E-state index contributed by atoms with van der Waals surface area (Å²) < 4.78 is 6.58. The second-order valence-corrected chi connectivity index (χ2v) is 13.8. The molecule has 46 heavy (non-hydrogen) atoms. The van der Waals surface area contributed by atoms with Gasteiger partial charge in [0.1, 0.15) is 11.8 Å². The van der Waals surface area contributed by atoms with Gasteiger partial charge in [-0.3, -0.25) is 23.7 Å². The summed E-state index contributed by atoms with van der Waals surface area (Å²) in [5.41, 5.74) is 2.58. The van der Waals surface area contributed by atoms with E-state index in [9.17, 15) is 24.0 Å². The predicted molar refractivity (Wildman–Crippen MR) is 179 cm³/mol. The van der Waals surface area contributed by atoms with Crippen LogP contribution in [0.1, 0.15) is 66.8 Å². The number of carbonyl (C=O) groups is 4. The molecule has 242 valence electrons. The second-order valence-electron chi connectivity index (χ2n) is 11.6. The van der Waals surface area contributed by atoms with Crippen LogP contribution in [0.5, 0.6) is 0 Å². The number of rotatable bonds is 9. The molecule has 2 aromatic carbocycles. The zero-order valence-corrected chi connectivity index (χ0v) is 27.9. The fraction of sp³-hybridized carbons (Fsp3) is 0.441. The quantitative estimate of drug-likeness (QED) is 0.239. The Balaban J connectivity index is 1.39. The number of benzene rings is 2. The van der Waals surface area contributed by atoms with Crippen LogP contribution in [0.25, 0.3) is 0 Å². The third kappa shape index (κ3) is 5.77. The Bertz CT molecular complexity index is 1690. The molecule has 3 aromatic rings. The number of nitrogens with zero attached hydrogens (tertiary/aromatic N) is 4. The van der Waals surface area contributed by atoms with E-state index in [-0.39, 0.29) is 35.7 Å². The Morgan fingerprint density at radius 2 is 1.57 bits per heavy atom. The number of ether oxygens (including phenoxy) is 1. The number of carbonyl (C=O) groups excluding carboxylic acids is 4. The smallest absolute Gasteiger partial charge is 0.338 e. The number of hydrogen-bond donors (Lipinski definition) is 0. The van der Waals surface area contributed by atoms with Gasteiger partial charge in [0.15, 0.2) is 0 Å². The Morgan fingerprint density at radius 3 is 2.20 bits per heavy atom. The highest BCUT2D eigenvalue weighted by atomic mass is 32.2. The lowest BCUT2D eigenvalue weighted by molar-refractivity contribution is -0.133. The van der Waals surface area contributed by atoms with Crippen molar-refractivity contribution in [3.8, 4) is 0 Å². The van der Waals surface area contributed by atoms with Gasteiger partial charge >= 0.3 is 10.8 Å². The van der Waals surface area contributed by atoms with Crippen LogP contribution in [0.2, 0.25) is 0 Å². The fourth-order valence-corrected chi connectivity index (χ4v) is 9.46. The van der Waals surface area contributed by atoms with Gasteiger partial charge in [0.25, 0.3) is 0 Å². The third-order valence-electron chi connectivity index (χ3n) is 9.07. The van der Waals surface area contributed by atoms with Crippen molar-refractivity contribution in [3.63, 3.8) is 0 Å². The molecule has 3 aliphatic rings. The van der Waals surface area contributed by atoms with Gasteiger partial charge in [-0.1, -0.05) is 35.2 Å². The van der Waals surface area contributed by atoms with E-state index in [4.69, 9.17) is 4.74 Å². The van der Waals surface area contributed by atoms with Gasteiger partial charge in [-0.25, -0.2) is 9.69 Å². The van der Waals surface area contributed by atoms with E-state index in [2.05, 4.69) is 18.7 Å². The van der Waals surface area contributed by atoms with Gasteiger partial charge in [0.2, 0.25) is 17.7 Å². The van der Waals surface area contributed by atoms with Gasteiger partial charge < -0.3 is 14.5 Å². The summed E-state index contributed by atoms with van der Waals surface area (Å²) in [4.78, 5) is 73.1. The van der Waals surface area contributed by atoms with Crippen molar-refractivity contribution in [1.29, 1.82) is 0 Å². The minimum Gasteiger partial charge on any atom is -0.462 e. The average molecular weight is 663 g/mol. The number of thioether (sulfide) groups is 1. The molecular weight excluding hydrogens is 625 g/mol. The van der Waals surface area contributed by atoms with E-state index in [0.717, 1.165) is 54.9 Å². The van der Waals surface area contributed by atoms with Crippen LogP contribution in [0.3, 0.4) is 0 Å². The van der Waals surface area contributed by atoms with Crippen LogP contribution in [0, 0.1) is 5.92 Å². The topological polar surface area (TPSA) is 109 Å². The molecule has 3 amide bonds. The van der Waals surface area contributed by atoms with Crippen molar-refractivity contribution < 1.29 is 23.9 Å². The first kappa shape index (κ1) is 32.1. The standard InChI is InChI=1S/C34H38N4O6S2/c1-4-35(5-2)23-14-10-21(11-15-23)26-27-28(31(41)38(30(27)40)24-16-12-22(13-17-24)33(42)44-6-3)45-32-29(26)46-34(43)37(32)20-25(39)36-18-8-7-9-19-36/h10-17,26-28H,4-9,18-20H2,1-3H3/t26-,27-,28+/m0/s1. The Hall–Kier alpha value is -3.90. The average Bonchev–Trinajstić information content (AvgIpc) is 3.52. The largest absolute Gasteiger partial charge is 0.462 e. The molecule has 0 spiro atoms. The summed E-state index contributed by atoms with van der Waals surface area (Å²) in [7, 11) is 0. The summed E-state index contributed by atoms with van der Waals surface area (Å²) in [5.74, 6) is -2.62. The normalized spacial score (nSPS) is 20.8. The van der Waals surface area contributed by atoms with Crippen LogP contribution >= 0.6 is 23.1 Å². The Labute approximate surface area is 276 Å². The van der Waals surface area contributed by atoms with Crippen molar-refractivity contribution >= 4 is 58.2 Å². The summed E-state index contributed by atoms with van der Waals surface area (Å²) in [6.07, 6.45) is 2.97. The van der Waals surface area contributed by atoms with E-state index in [1.54, 1.807) is 31.2 Å². The highest BCUT2D eigenvalue weighted by Crippen LogP contribution is 2.54. The minimum atomic E-state index is -0.789. The molecule has 0 saturated carbocycles. The number of fused-ring (bicyclic) bond motifs is 2. The van der Waals surface area contributed by atoms with Gasteiger partial charge in [0, 0.05) is 42.7 Å². The SMILES string of the molecule is CCOC(=O)c1ccc(N2C(=O)[C@H]3[C@H](c4ccc(N(CC)CC)cc4)c4sc(=O)n(CC(=O)N5CCCCC5)c4S[C@H]3C2=O)cc1. The summed E-state index contributed by atoms with van der Waals surface area (Å²) in [5, 5.41) is -0.206. The molecule has 3 atom stereocenters. The van der Waals surface area contributed by atoms with Gasteiger partial charge in [-0.2, -0.15) is 0 Å². The third-order valence-corrected chi connectivity index (χ3v) is 11.7. The molecule has 2 fully saturated rings. The highest BCUT2D eigenvalue weighted by Gasteiger charge is 2.57. The lowest BCUT2D eigenvalue weighted by Crippen LogP contribution is -2.39. The number of anilines is 2. The lowest BCUT2D eigenvalue weighted by atomic mass is 9.83. The Morgan fingerprint density at radius 1 is 0.891 bits per heavy atom. The van der Waals surface area contributed by atoms with E-state index in [1.165, 1.54) is 21.2 Å². The molecular formula is C34H38N4O6S2. The number of hydrogen-bond acceptors (Lipinski definition) is 9. The second kappa shape index (κ2) is 13.4. The van der Waals surface area contributed by atoms with E-state index >= 15 is 0 Å². The predicted octanol–water partition coefficient (Wildman–Crippen LogP) is 4.74. The maximum absolute atomic E-state index is 14.3. The first-order chi connectivity index (χ1) is 22.3. The zero-order valence-electron chi connectivity index (χ0n) is 26.3. The molecule has 1 aromatic heterocycles. The monoisotopic (exact) mass is 662 g/mol. The summed E-state index contributed by atoms with van der Waals surface area (Å²) >= 11 is 2.27. The number of thiazole rings is 1. The summed E-state index contributed by atoms with van der Waals surface area (Å²) in [6.45, 7) is 9.09. The van der Waals surface area contributed by atoms with Crippen LogP contribution < -0.4 is 14.7 Å². The van der Waals surface area contributed by atoms with Gasteiger partial charge in [-0.15, -0.1) is 0 Å². The lowest BCUT2D eigenvalue weighted by Gasteiger charge is -2.31. The number of likely N-dealkylation sites (tertiary alicyclic amines) is 1. The minimum absolute atomic E-state index is 0.0934. The molecule has 0 aliphatic carbocycles. The summed E-state index contributed by atoms with van der Waals surface area (Å²) in [6, 6.07) is 14.3. The van der Waals surface area contributed by atoms with Gasteiger partial charge in [0.05, 0.1) is 28.8 Å². The van der Waals surface area contributed by atoms with Crippen LogP contribution in [0.15, 0.2) is 58.4 Å². The van der Waals surface area contributed by atoms with Crippen molar-refractivity contribution in [3.05, 3.63) is 74.2 Å². The molecule has 10 nitrogen and oxygen atoms in total. The van der Waals surface area contributed by atoms with Crippen LogP contribution in [-0.2, 0) is 25.7 Å². The first-order valence-electron chi connectivity index (χ1n) is 15.9. The van der Waals surface area contributed by atoms with Crippen molar-refractivity contribution in [2.24, 2.45) is 5.92 Å². The molecule has 12 heteroatoms. The number of amides is 3. The zero-order chi connectivity index (χ0) is 32.5. The number of piperidine rings is 1. The molecule has 4 heterocycles. The van der Waals surface area contributed by atoms with E-state index in [0.29, 0.717) is 34.2 Å². The molecule has 6 rings (SSSR count). The highest BCUT2D eigenvalue weighted by molar-refractivity contribution is 8.00. The molecule has 0 bridgehead atoms. The Kier molecular flexibility index (Phi) is 9.37. The maximum Gasteiger partial charge on any atom is 0.338 e. The van der Waals surface area contributed by atoms with Crippen molar-refractivity contribution in [1.82, 2.24) is 9.47 Å². The van der Waals surface area contributed by atoms with E-state index < -0.39 is 23.1 Å². The van der Waals surface area contributed by atoms with Crippen LogP contribution in [0.4, 0.5) is 11.4 Å². The van der Waals surface area contributed by atoms with E-state index in [1.807, 2.05) is 29.2 Å². The maximum atomic E-state index is 14.3. The number of aromatic nitrogens is 1. The van der Waals surface area contributed by atoms with Crippen molar-refractivity contribution in [2.45, 2.75) is 62.8 Å². The molecule has 2 saturated heterocycles. The molecule has 0 N–H and O–H groups in total. The van der Waals surface area contributed by atoms with Crippen LogP contribution in [-0.4, -0.2) is 71.2 Å². The number of esters is 1. The molecule has 0 unspecified atom stereocenters.